The third kappa shape index (κ3) is 2.84. The van der Waals surface area contributed by atoms with Gasteiger partial charge in [0.1, 0.15) is 4.87 Å². The van der Waals surface area contributed by atoms with Crippen LogP contribution in [-0.4, -0.2) is 0 Å². The highest BCUT2D eigenvalue weighted by molar-refractivity contribution is 6.31. The van der Waals surface area contributed by atoms with Crippen molar-refractivity contribution in [2.24, 2.45) is 0 Å². The summed E-state index contributed by atoms with van der Waals surface area (Å²) >= 11 is 7.95. The molecule has 0 N–H and O–H groups in total. The molecule has 0 aromatic heterocycles. The molecule has 6 aromatic rings. The second-order valence-electron chi connectivity index (χ2n) is 8.24. The van der Waals surface area contributed by atoms with Gasteiger partial charge in [0.05, 0.1) is 0 Å². The molecule has 0 unspecified atom stereocenters. The van der Waals surface area contributed by atoms with Gasteiger partial charge in [0.15, 0.2) is 0 Å². The smallest absolute Gasteiger partial charge is 0.103 e. The highest BCUT2D eigenvalue weighted by atomic mass is 35.5. The van der Waals surface area contributed by atoms with E-state index in [1.54, 1.807) is 0 Å². The van der Waals surface area contributed by atoms with E-state index in [1.807, 2.05) is 0 Å². The van der Waals surface area contributed by atoms with E-state index in [-0.39, 0.29) is 0 Å². The molecule has 32 heavy (non-hydrogen) atoms. The van der Waals surface area contributed by atoms with Gasteiger partial charge < -0.3 is 0 Å². The highest BCUT2D eigenvalue weighted by Crippen LogP contribution is 2.49. The lowest BCUT2D eigenvalue weighted by Crippen LogP contribution is -2.23. The first-order valence-electron chi connectivity index (χ1n) is 10.9. The van der Waals surface area contributed by atoms with Gasteiger partial charge in [-0.1, -0.05) is 127 Å². The quantitative estimate of drug-likeness (QED) is 0.195. The molecular formula is C31H21Cl. The van der Waals surface area contributed by atoms with Gasteiger partial charge >= 0.3 is 0 Å². The van der Waals surface area contributed by atoms with Crippen LogP contribution in [0.25, 0.3) is 32.3 Å². The summed E-state index contributed by atoms with van der Waals surface area (Å²) in [5.74, 6) is 0. The van der Waals surface area contributed by atoms with Gasteiger partial charge in [0, 0.05) is 0 Å². The molecule has 0 fully saturated rings. The molecule has 0 amide bonds. The van der Waals surface area contributed by atoms with Crippen LogP contribution in [0.5, 0.6) is 0 Å². The molecule has 6 rings (SSSR count). The average molecular weight is 429 g/mol. The Labute approximate surface area is 192 Å². The minimum Gasteiger partial charge on any atom is -0.103 e. The zero-order valence-electron chi connectivity index (χ0n) is 17.5. The van der Waals surface area contributed by atoms with Crippen LogP contribution in [0.2, 0.25) is 0 Å². The summed E-state index contributed by atoms with van der Waals surface area (Å²) in [7, 11) is 0. The molecule has 0 bridgehead atoms. The Morgan fingerprint density at radius 3 is 0.969 bits per heavy atom. The van der Waals surface area contributed by atoms with E-state index in [4.69, 9.17) is 11.6 Å². The minimum atomic E-state index is -0.859. The number of hydrogen-bond donors (Lipinski definition) is 0. The van der Waals surface area contributed by atoms with Crippen molar-refractivity contribution in [3.05, 3.63) is 144 Å². The first kappa shape index (κ1) is 19.1. The maximum Gasteiger partial charge on any atom is 0.121 e. The fraction of sp³-hybridized carbons (Fsp3) is 0.0323. The van der Waals surface area contributed by atoms with Gasteiger partial charge in [0.25, 0.3) is 0 Å². The van der Waals surface area contributed by atoms with Crippen LogP contribution in [0.3, 0.4) is 0 Å². The number of benzene rings is 6. The predicted molar refractivity (Wildman–Crippen MR) is 138 cm³/mol. The summed E-state index contributed by atoms with van der Waals surface area (Å²) in [6, 6.07) is 44.9. The van der Waals surface area contributed by atoms with Gasteiger partial charge in [-0.3, -0.25) is 0 Å². The summed E-state index contributed by atoms with van der Waals surface area (Å²) in [6.45, 7) is 0. The summed E-state index contributed by atoms with van der Waals surface area (Å²) in [5.41, 5.74) is 3.31. The van der Waals surface area contributed by atoms with E-state index in [0.29, 0.717) is 0 Å². The van der Waals surface area contributed by atoms with Crippen LogP contribution in [-0.2, 0) is 4.87 Å². The predicted octanol–water partition coefficient (Wildman–Crippen LogP) is 8.68. The van der Waals surface area contributed by atoms with Crippen LogP contribution >= 0.6 is 11.6 Å². The van der Waals surface area contributed by atoms with Gasteiger partial charge in [-0.2, -0.15) is 0 Å². The van der Waals surface area contributed by atoms with Crippen molar-refractivity contribution < 1.29 is 0 Å². The summed E-state index contributed by atoms with van der Waals surface area (Å²) in [6.07, 6.45) is 0. The molecule has 0 atom stereocenters. The van der Waals surface area contributed by atoms with Crippen molar-refractivity contribution in [2.75, 3.05) is 0 Å². The molecule has 6 aromatic carbocycles. The summed E-state index contributed by atoms with van der Waals surface area (Å²) in [4.78, 5) is -0.859. The standard InChI is InChI=1S/C31H21Cl/c32-31(28-19-7-13-22-10-1-4-16-25(22)28,29-20-8-14-23-11-2-5-17-26(23)29)30-21-9-15-24-12-3-6-18-27(24)30/h1-21H. The topological polar surface area (TPSA) is 0 Å². The third-order valence-corrected chi connectivity index (χ3v) is 7.09. The van der Waals surface area contributed by atoms with Crippen molar-refractivity contribution in [2.45, 2.75) is 4.87 Å². The van der Waals surface area contributed by atoms with Gasteiger partial charge in [-0.25, -0.2) is 0 Å². The molecule has 1 heteroatoms. The van der Waals surface area contributed by atoms with E-state index in [9.17, 15) is 0 Å². The van der Waals surface area contributed by atoms with Crippen LogP contribution in [0.15, 0.2) is 127 Å². The highest BCUT2D eigenvalue weighted by Gasteiger charge is 2.37. The second kappa shape index (κ2) is 7.51. The monoisotopic (exact) mass is 428 g/mol. The molecule has 0 aliphatic carbocycles. The lowest BCUT2D eigenvalue weighted by Gasteiger charge is -2.32. The van der Waals surface area contributed by atoms with Crippen molar-refractivity contribution in [1.82, 2.24) is 0 Å². The largest absolute Gasteiger partial charge is 0.121 e. The molecule has 0 nitrogen and oxygen atoms in total. The average Bonchev–Trinajstić information content (AvgIpc) is 2.87. The molecular weight excluding hydrogens is 408 g/mol. The van der Waals surface area contributed by atoms with E-state index in [2.05, 4.69) is 127 Å². The van der Waals surface area contributed by atoms with E-state index in [0.717, 1.165) is 16.7 Å². The zero-order valence-corrected chi connectivity index (χ0v) is 18.3. The molecule has 0 aliphatic heterocycles. The fourth-order valence-electron chi connectivity index (χ4n) is 5.01. The van der Waals surface area contributed by atoms with Crippen LogP contribution in [0.4, 0.5) is 0 Å². The summed E-state index contributed by atoms with van der Waals surface area (Å²) < 4.78 is 0. The van der Waals surface area contributed by atoms with Crippen LogP contribution < -0.4 is 0 Å². The van der Waals surface area contributed by atoms with E-state index in [1.165, 1.54) is 32.3 Å². The molecule has 0 heterocycles. The normalized spacial score (nSPS) is 11.9. The van der Waals surface area contributed by atoms with Gasteiger partial charge in [0.2, 0.25) is 0 Å². The SMILES string of the molecule is ClC(c1cccc2ccccc12)(c1cccc2ccccc12)c1cccc2ccccc12. The zero-order chi connectivity index (χ0) is 21.5. The second-order valence-corrected chi connectivity index (χ2v) is 8.81. The maximum atomic E-state index is 7.95. The molecule has 0 saturated heterocycles. The van der Waals surface area contributed by atoms with E-state index < -0.39 is 4.87 Å². The Balaban J connectivity index is 1.81. The maximum absolute atomic E-state index is 7.95. The minimum absolute atomic E-state index is 0.859. The fourth-order valence-corrected chi connectivity index (χ4v) is 5.51. The first-order chi connectivity index (χ1) is 15.8. The lowest BCUT2D eigenvalue weighted by atomic mass is 9.78. The molecule has 0 aliphatic rings. The van der Waals surface area contributed by atoms with Crippen LogP contribution in [0.1, 0.15) is 16.7 Å². The molecule has 0 spiro atoms. The Morgan fingerprint density at radius 2 is 0.625 bits per heavy atom. The van der Waals surface area contributed by atoms with E-state index >= 15 is 0 Å². The Kier molecular flexibility index (Phi) is 4.48. The van der Waals surface area contributed by atoms with Gasteiger partial charge in [-0.05, 0) is 49.0 Å². The summed E-state index contributed by atoms with van der Waals surface area (Å²) in [5, 5.41) is 7.09. The van der Waals surface area contributed by atoms with Crippen LogP contribution in [0, 0.1) is 0 Å². The van der Waals surface area contributed by atoms with Gasteiger partial charge in [-0.15, -0.1) is 11.6 Å². The number of rotatable bonds is 3. The number of alkyl halides is 1. The molecule has 152 valence electrons. The lowest BCUT2D eigenvalue weighted by molar-refractivity contribution is 0.910. The van der Waals surface area contributed by atoms with Crippen molar-refractivity contribution in [3.8, 4) is 0 Å². The Morgan fingerprint density at radius 1 is 0.344 bits per heavy atom. The number of hydrogen-bond acceptors (Lipinski definition) is 0. The number of halogens is 1. The molecule has 0 saturated carbocycles. The Bertz CT molecular complexity index is 1390. The third-order valence-electron chi connectivity index (χ3n) is 6.48. The van der Waals surface area contributed by atoms with Crippen molar-refractivity contribution in [3.63, 3.8) is 0 Å². The molecule has 0 radical (unpaired) electrons. The van der Waals surface area contributed by atoms with Crippen molar-refractivity contribution >= 4 is 43.9 Å². The first-order valence-corrected chi connectivity index (χ1v) is 11.3. The Hall–Kier alpha value is -3.61. The number of fused-ring (bicyclic) bond motifs is 3. The van der Waals surface area contributed by atoms with Crippen molar-refractivity contribution in [1.29, 1.82) is 0 Å².